The molecule has 0 saturated heterocycles. The number of nitrogens with zero attached hydrogens (tertiary/aromatic N) is 1. The Kier molecular flexibility index (Phi) is 5.53. The maximum Gasteiger partial charge on any atom is 0.0575 e. The molecule has 0 fully saturated rings. The third-order valence-electron chi connectivity index (χ3n) is 2.63. The van der Waals surface area contributed by atoms with E-state index >= 15 is 0 Å². The van der Waals surface area contributed by atoms with Gasteiger partial charge >= 0.3 is 0 Å². The van der Waals surface area contributed by atoms with Crippen LogP contribution in [0.2, 0.25) is 0 Å². The van der Waals surface area contributed by atoms with Crippen LogP contribution in [0.15, 0.2) is 0 Å². The van der Waals surface area contributed by atoms with Crippen LogP contribution in [0.25, 0.3) is 0 Å². The van der Waals surface area contributed by atoms with Crippen LogP contribution in [0.4, 0.5) is 0 Å². The molecule has 0 saturated carbocycles. The largest absolute Gasteiger partial charge is 0.395 e. The van der Waals surface area contributed by atoms with Crippen molar-refractivity contribution in [2.75, 3.05) is 26.2 Å². The summed E-state index contributed by atoms with van der Waals surface area (Å²) in [5.41, 5.74) is -0.106. The Morgan fingerprint density at radius 2 is 1.92 bits per heavy atom. The van der Waals surface area contributed by atoms with E-state index in [0.717, 1.165) is 13.1 Å². The van der Waals surface area contributed by atoms with E-state index in [4.69, 9.17) is 5.11 Å². The van der Waals surface area contributed by atoms with Crippen molar-refractivity contribution in [3.8, 4) is 0 Å². The highest BCUT2D eigenvalue weighted by Gasteiger charge is 2.26. The number of rotatable bonds is 6. The van der Waals surface area contributed by atoms with E-state index in [0.29, 0.717) is 6.54 Å². The topological polar surface area (TPSA) is 43.7 Å². The molecule has 0 aliphatic carbocycles. The molecule has 0 spiro atoms. The van der Waals surface area contributed by atoms with E-state index in [1.807, 2.05) is 20.8 Å². The lowest BCUT2D eigenvalue weighted by Gasteiger charge is -2.33. The summed E-state index contributed by atoms with van der Waals surface area (Å²) in [7, 11) is 0. The van der Waals surface area contributed by atoms with Gasteiger partial charge in [0.2, 0.25) is 0 Å². The molecule has 0 aromatic heterocycles. The molecule has 80 valence electrons. The minimum Gasteiger partial charge on any atom is -0.395 e. The summed E-state index contributed by atoms with van der Waals surface area (Å²) in [5.74, 6) is 0. The van der Waals surface area contributed by atoms with Crippen molar-refractivity contribution in [2.24, 2.45) is 5.41 Å². The first kappa shape index (κ1) is 12.9. The van der Waals surface area contributed by atoms with Crippen LogP contribution in [0.5, 0.6) is 0 Å². The average Bonchev–Trinajstić information content (AvgIpc) is 2.03. The zero-order valence-corrected chi connectivity index (χ0v) is 9.25. The highest BCUT2D eigenvalue weighted by atomic mass is 16.3. The first-order chi connectivity index (χ1) is 5.94. The van der Waals surface area contributed by atoms with E-state index in [1.165, 1.54) is 0 Å². The minimum atomic E-state index is -0.319. The zero-order chi connectivity index (χ0) is 10.5. The molecule has 0 aromatic rings. The van der Waals surface area contributed by atoms with Crippen LogP contribution in [0.3, 0.4) is 0 Å². The van der Waals surface area contributed by atoms with Gasteiger partial charge in [-0.1, -0.05) is 20.8 Å². The van der Waals surface area contributed by atoms with Gasteiger partial charge in [-0.25, -0.2) is 0 Å². The van der Waals surface area contributed by atoms with Crippen LogP contribution in [-0.2, 0) is 0 Å². The molecule has 3 nitrogen and oxygen atoms in total. The average molecular weight is 189 g/mol. The Labute approximate surface area is 81.4 Å². The molecule has 0 bridgehead atoms. The SMILES string of the molecule is CCN(CCO)CC(C)(C)C(C)O. The predicted molar refractivity (Wildman–Crippen MR) is 54.7 cm³/mol. The molecule has 0 aliphatic rings. The molecule has 1 unspecified atom stereocenters. The Balaban J connectivity index is 4.05. The fraction of sp³-hybridized carbons (Fsp3) is 1.00. The van der Waals surface area contributed by atoms with Gasteiger partial charge in [-0.15, -0.1) is 0 Å². The van der Waals surface area contributed by atoms with E-state index in [-0.39, 0.29) is 18.1 Å². The van der Waals surface area contributed by atoms with Crippen LogP contribution in [-0.4, -0.2) is 47.5 Å². The second kappa shape index (κ2) is 5.58. The molecule has 1 atom stereocenters. The predicted octanol–water partition coefficient (Wildman–Crippen LogP) is 0.708. The maximum atomic E-state index is 9.50. The van der Waals surface area contributed by atoms with Gasteiger partial charge in [-0.3, -0.25) is 0 Å². The Morgan fingerprint density at radius 3 is 2.23 bits per heavy atom. The Hall–Kier alpha value is -0.120. The maximum absolute atomic E-state index is 9.50. The van der Waals surface area contributed by atoms with Gasteiger partial charge in [0.05, 0.1) is 12.7 Å². The van der Waals surface area contributed by atoms with E-state index in [2.05, 4.69) is 11.8 Å². The highest BCUT2D eigenvalue weighted by molar-refractivity contribution is 4.78. The van der Waals surface area contributed by atoms with Crippen molar-refractivity contribution in [3.05, 3.63) is 0 Å². The summed E-state index contributed by atoms with van der Waals surface area (Å²) in [6, 6.07) is 0. The van der Waals surface area contributed by atoms with Crippen LogP contribution >= 0.6 is 0 Å². The summed E-state index contributed by atoms with van der Waals surface area (Å²) in [6.07, 6.45) is -0.319. The normalized spacial score (nSPS) is 15.0. The van der Waals surface area contributed by atoms with Gasteiger partial charge < -0.3 is 15.1 Å². The summed E-state index contributed by atoms with van der Waals surface area (Å²) >= 11 is 0. The molecule has 0 heterocycles. The van der Waals surface area contributed by atoms with Crippen LogP contribution < -0.4 is 0 Å². The zero-order valence-electron chi connectivity index (χ0n) is 9.25. The van der Waals surface area contributed by atoms with Crippen molar-refractivity contribution in [2.45, 2.75) is 33.8 Å². The van der Waals surface area contributed by atoms with Crippen LogP contribution in [0.1, 0.15) is 27.7 Å². The second-order valence-corrected chi connectivity index (χ2v) is 4.26. The number of aliphatic hydroxyl groups is 2. The number of aliphatic hydroxyl groups excluding tert-OH is 2. The first-order valence-electron chi connectivity index (χ1n) is 4.95. The summed E-state index contributed by atoms with van der Waals surface area (Å²) in [5, 5.41) is 18.3. The molecular weight excluding hydrogens is 166 g/mol. The standard InChI is InChI=1S/C10H23NO2/c1-5-11(6-7-12)8-10(3,4)9(2)13/h9,12-13H,5-8H2,1-4H3. The van der Waals surface area contributed by atoms with Gasteiger partial charge in [-0.05, 0) is 13.5 Å². The fourth-order valence-corrected chi connectivity index (χ4v) is 1.20. The summed E-state index contributed by atoms with van der Waals surface area (Å²) in [4.78, 5) is 2.15. The lowest BCUT2D eigenvalue weighted by Crippen LogP contribution is -2.41. The minimum absolute atomic E-state index is 0.106. The number of likely N-dealkylation sites (N-methyl/N-ethyl adjacent to an activating group) is 1. The summed E-state index contributed by atoms with van der Waals surface area (Å²) < 4.78 is 0. The van der Waals surface area contributed by atoms with Gasteiger partial charge in [0.15, 0.2) is 0 Å². The molecule has 0 amide bonds. The molecule has 0 aromatic carbocycles. The van der Waals surface area contributed by atoms with Gasteiger partial charge in [-0.2, -0.15) is 0 Å². The molecule has 2 N–H and O–H groups in total. The summed E-state index contributed by atoms with van der Waals surface area (Å²) in [6.45, 7) is 10.6. The highest BCUT2D eigenvalue weighted by Crippen LogP contribution is 2.21. The lowest BCUT2D eigenvalue weighted by molar-refractivity contribution is 0.0316. The lowest BCUT2D eigenvalue weighted by atomic mass is 9.87. The first-order valence-corrected chi connectivity index (χ1v) is 4.95. The van der Waals surface area contributed by atoms with Gasteiger partial charge in [0.1, 0.15) is 0 Å². The Bertz CT molecular complexity index is 135. The van der Waals surface area contributed by atoms with Gasteiger partial charge in [0.25, 0.3) is 0 Å². The molecule has 0 radical (unpaired) electrons. The molecular formula is C10H23NO2. The third kappa shape index (κ3) is 4.60. The monoisotopic (exact) mass is 189 g/mol. The van der Waals surface area contributed by atoms with Crippen molar-refractivity contribution in [1.82, 2.24) is 4.90 Å². The molecule has 0 rings (SSSR count). The quantitative estimate of drug-likeness (QED) is 0.646. The number of hydrogen-bond donors (Lipinski definition) is 2. The molecule has 0 aliphatic heterocycles. The second-order valence-electron chi connectivity index (χ2n) is 4.26. The van der Waals surface area contributed by atoms with E-state index in [9.17, 15) is 5.11 Å². The molecule has 3 heteroatoms. The molecule has 13 heavy (non-hydrogen) atoms. The van der Waals surface area contributed by atoms with E-state index in [1.54, 1.807) is 0 Å². The van der Waals surface area contributed by atoms with E-state index < -0.39 is 0 Å². The van der Waals surface area contributed by atoms with Crippen molar-refractivity contribution in [1.29, 1.82) is 0 Å². The smallest absolute Gasteiger partial charge is 0.0575 e. The van der Waals surface area contributed by atoms with Crippen molar-refractivity contribution in [3.63, 3.8) is 0 Å². The third-order valence-corrected chi connectivity index (χ3v) is 2.63. The van der Waals surface area contributed by atoms with Crippen LogP contribution in [0, 0.1) is 5.41 Å². The number of hydrogen-bond acceptors (Lipinski definition) is 3. The van der Waals surface area contributed by atoms with Crippen molar-refractivity contribution >= 4 is 0 Å². The fourth-order valence-electron chi connectivity index (χ4n) is 1.20. The van der Waals surface area contributed by atoms with Gasteiger partial charge in [0, 0.05) is 18.5 Å². The Morgan fingerprint density at radius 1 is 1.38 bits per heavy atom. The van der Waals surface area contributed by atoms with Crippen molar-refractivity contribution < 1.29 is 10.2 Å².